The van der Waals surface area contributed by atoms with E-state index >= 15 is 0 Å². The lowest BCUT2D eigenvalue weighted by molar-refractivity contribution is 0.480. The molecule has 1 aromatic carbocycles. The lowest BCUT2D eigenvalue weighted by Crippen LogP contribution is -2.16. The molecule has 1 N–H and O–H groups in total. The van der Waals surface area contributed by atoms with Gasteiger partial charge < -0.3 is 14.2 Å². The number of hydrogen-bond acceptors (Lipinski definition) is 5. The van der Waals surface area contributed by atoms with Crippen LogP contribution in [0.3, 0.4) is 0 Å². The molecule has 0 bridgehead atoms. The first-order chi connectivity index (χ1) is 9.36. The number of rotatable bonds is 5. The monoisotopic (exact) mass is 257 g/mol. The van der Waals surface area contributed by atoms with Crippen LogP contribution in [0.4, 0.5) is 0 Å². The van der Waals surface area contributed by atoms with Crippen LogP contribution < -0.4 is 5.32 Å². The van der Waals surface area contributed by atoms with Crippen LogP contribution in [0.25, 0.3) is 22.6 Å². The van der Waals surface area contributed by atoms with Gasteiger partial charge in [-0.25, -0.2) is 0 Å². The molecule has 0 amide bonds. The minimum Gasteiger partial charge on any atom is -0.451 e. The second kappa shape index (κ2) is 5.24. The van der Waals surface area contributed by atoms with Gasteiger partial charge in [-0.2, -0.15) is 0 Å². The van der Waals surface area contributed by atoms with E-state index in [1.54, 1.807) is 0 Å². The van der Waals surface area contributed by atoms with Gasteiger partial charge in [-0.1, -0.05) is 25.1 Å². The van der Waals surface area contributed by atoms with Crippen LogP contribution in [0.2, 0.25) is 0 Å². The van der Waals surface area contributed by atoms with Gasteiger partial charge in [0.05, 0.1) is 0 Å². The Balaban J connectivity index is 1.81. The number of nitrogens with one attached hydrogen (secondary N) is 1. The number of aromatic nitrogens is 2. The quantitative estimate of drug-likeness (QED) is 0.712. The van der Waals surface area contributed by atoms with Crippen molar-refractivity contribution in [1.82, 2.24) is 15.5 Å². The van der Waals surface area contributed by atoms with Gasteiger partial charge in [0, 0.05) is 18.4 Å². The van der Waals surface area contributed by atoms with E-state index in [-0.39, 0.29) is 0 Å². The second-order valence-corrected chi connectivity index (χ2v) is 4.25. The summed E-state index contributed by atoms with van der Waals surface area (Å²) in [6.07, 6.45) is 0.723. The van der Waals surface area contributed by atoms with Gasteiger partial charge in [-0.3, -0.25) is 0 Å². The average molecular weight is 257 g/mol. The fourth-order valence-electron chi connectivity index (χ4n) is 1.91. The Hall–Kier alpha value is -2.14. The lowest BCUT2D eigenvalue weighted by atomic mass is 10.2. The van der Waals surface area contributed by atoms with E-state index in [1.165, 1.54) is 0 Å². The number of furan rings is 1. The molecular weight excluding hydrogens is 242 g/mol. The van der Waals surface area contributed by atoms with E-state index in [4.69, 9.17) is 8.83 Å². The Bertz CT molecular complexity index is 639. The first kappa shape index (κ1) is 11.9. The Morgan fingerprint density at radius 2 is 2.05 bits per heavy atom. The number of likely N-dealkylation sites (N-methyl/N-ethyl adjacent to an activating group) is 1. The smallest absolute Gasteiger partial charge is 0.283 e. The standard InChI is InChI=1S/C14H15N3O2/c1-2-15-8-7-13-16-17-14(19-13)12-9-10-5-3-4-6-11(10)18-12/h3-6,9,15H,2,7-8H2,1H3. The first-order valence-electron chi connectivity index (χ1n) is 6.39. The van der Waals surface area contributed by atoms with Crippen LogP contribution in [0.1, 0.15) is 12.8 Å². The maximum Gasteiger partial charge on any atom is 0.283 e. The number of nitrogens with zero attached hydrogens (tertiary/aromatic N) is 2. The molecule has 5 nitrogen and oxygen atoms in total. The van der Waals surface area contributed by atoms with Crippen molar-refractivity contribution in [3.63, 3.8) is 0 Å². The Morgan fingerprint density at radius 3 is 2.89 bits per heavy atom. The molecule has 98 valence electrons. The average Bonchev–Trinajstić information content (AvgIpc) is 3.04. The topological polar surface area (TPSA) is 64.1 Å². The van der Waals surface area contributed by atoms with Crippen molar-refractivity contribution in [3.05, 3.63) is 36.2 Å². The summed E-state index contributed by atoms with van der Waals surface area (Å²) in [6.45, 7) is 3.83. The molecule has 0 unspecified atom stereocenters. The van der Waals surface area contributed by atoms with E-state index in [9.17, 15) is 0 Å². The molecule has 0 radical (unpaired) electrons. The SMILES string of the molecule is CCNCCc1nnc(-c2cc3ccccc3o2)o1. The molecule has 3 rings (SSSR count). The zero-order valence-corrected chi connectivity index (χ0v) is 10.7. The largest absolute Gasteiger partial charge is 0.451 e. The van der Waals surface area contributed by atoms with Gasteiger partial charge in [0.15, 0.2) is 5.76 Å². The highest BCUT2D eigenvalue weighted by atomic mass is 16.4. The van der Waals surface area contributed by atoms with Crippen molar-refractivity contribution in [2.24, 2.45) is 0 Å². The molecule has 0 spiro atoms. The van der Waals surface area contributed by atoms with Gasteiger partial charge in [0.1, 0.15) is 5.58 Å². The molecule has 2 heterocycles. The third kappa shape index (κ3) is 2.51. The van der Waals surface area contributed by atoms with Crippen LogP contribution in [0.5, 0.6) is 0 Å². The summed E-state index contributed by atoms with van der Waals surface area (Å²) in [4.78, 5) is 0. The highest BCUT2D eigenvalue weighted by molar-refractivity contribution is 5.81. The molecule has 19 heavy (non-hydrogen) atoms. The van der Waals surface area contributed by atoms with Crippen molar-refractivity contribution >= 4 is 11.0 Å². The third-order valence-corrected chi connectivity index (χ3v) is 2.87. The van der Waals surface area contributed by atoms with Crippen LogP contribution in [-0.4, -0.2) is 23.3 Å². The van der Waals surface area contributed by atoms with Crippen molar-refractivity contribution in [2.75, 3.05) is 13.1 Å². The highest BCUT2D eigenvalue weighted by Crippen LogP contribution is 2.26. The summed E-state index contributed by atoms with van der Waals surface area (Å²) < 4.78 is 11.3. The van der Waals surface area contributed by atoms with Crippen LogP contribution >= 0.6 is 0 Å². The fourth-order valence-corrected chi connectivity index (χ4v) is 1.91. The molecule has 0 fully saturated rings. The maximum atomic E-state index is 5.68. The van der Waals surface area contributed by atoms with Crippen molar-refractivity contribution in [1.29, 1.82) is 0 Å². The number of benzene rings is 1. The van der Waals surface area contributed by atoms with Crippen molar-refractivity contribution in [2.45, 2.75) is 13.3 Å². The lowest BCUT2D eigenvalue weighted by Gasteiger charge is -1.95. The molecule has 3 aromatic rings. The van der Waals surface area contributed by atoms with E-state index in [1.807, 2.05) is 30.3 Å². The van der Waals surface area contributed by atoms with E-state index in [0.717, 1.165) is 30.5 Å². The summed E-state index contributed by atoms with van der Waals surface area (Å²) in [5.74, 6) is 1.67. The van der Waals surface area contributed by atoms with Gasteiger partial charge in [0.2, 0.25) is 5.89 Å². The fraction of sp³-hybridized carbons (Fsp3) is 0.286. The van der Waals surface area contributed by atoms with Crippen molar-refractivity contribution in [3.8, 4) is 11.7 Å². The predicted molar refractivity (Wildman–Crippen MR) is 71.8 cm³/mol. The van der Waals surface area contributed by atoms with E-state index < -0.39 is 0 Å². The minimum absolute atomic E-state index is 0.433. The van der Waals surface area contributed by atoms with Crippen LogP contribution in [0, 0.1) is 0 Å². The molecule has 0 aliphatic heterocycles. The van der Waals surface area contributed by atoms with Crippen molar-refractivity contribution < 1.29 is 8.83 Å². The zero-order chi connectivity index (χ0) is 13.1. The van der Waals surface area contributed by atoms with Crippen LogP contribution in [-0.2, 0) is 6.42 Å². The van der Waals surface area contributed by atoms with Gasteiger partial charge in [-0.15, -0.1) is 10.2 Å². The summed E-state index contributed by atoms with van der Waals surface area (Å²) in [5, 5.41) is 12.3. The molecular formula is C14H15N3O2. The minimum atomic E-state index is 0.433. The summed E-state index contributed by atoms with van der Waals surface area (Å²) in [5.41, 5.74) is 0.824. The van der Waals surface area contributed by atoms with Crippen LogP contribution in [0.15, 0.2) is 39.2 Å². The Labute approximate surface area is 110 Å². The molecule has 5 heteroatoms. The predicted octanol–water partition coefficient (Wildman–Crippen LogP) is 2.63. The van der Waals surface area contributed by atoms with Gasteiger partial charge in [0.25, 0.3) is 5.89 Å². The zero-order valence-electron chi connectivity index (χ0n) is 10.7. The molecule has 0 aliphatic carbocycles. The second-order valence-electron chi connectivity index (χ2n) is 4.25. The molecule has 0 saturated carbocycles. The molecule has 0 aliphatic rings. The number of fused-ring (bicyclic) bond motifs is 1. The Kier molecular flexibility index (Phi) is 3.29. The van der Waals surface area contributed by atoms with E-state index in [0.29, 0.717) is 17.5 Å². The highest BCUT2D eigenvalue weighted by Gasteiger charge is 2.13. The number of para-hydroxylation sites is 1. The Morgan fingerprint density at radius 1 is 1.16 bits per heavy atom. The third-order valence-electron chi connectivity index (χ3n) is 2.87. The first-order valence-corrected chi connectivity index (χ1v) is 6.39. The summed E-state index contributed by atoms with van der Waals surface area (Å²) in [6, 6.07) is 9.73. The molecule has 2 aromatic heterocycles. The summed E-state index contributed by atoms with van der Waals surface area (Å²) >= 11 is 0. The molecule has 0 saturated heterocycles. The van der Waals surface area contributed by atoms with Gasteiger partial charge >= 0.3 is 0 Å². The maximum absolute atomic E-state index is 5.68. The normalized spacial score (nSPS) is 11.2. The number of hydrogen-bond donors (Lipinski definition) is 1. The van der Waals surface area contributed by atoms with E-state index in [2.05, 4.69) is 22.4 Å². The van der Waals surface area contributed by atoms with Gasteiger partial charge in [-0.05, 0) is 18.7 Å². The molecule has 0 atom stereocenters. The summed E-state index contributed by atoms with van der Waals surface area (Å²) in [7, 11) is 0.